The number of benzene rings is 1. The predicted molar refractivity (Wildman–Crippen MR) is 378 cm³/mol. The summed E-state index contributed by atoms with van der Waals surface area (Å²) in [7, 11) is 10.1. The number of likely N-dealkylation sites (tertiary alicyclic amines) is 1. The summed E-state index contributed by atoms with van der Waals surface area (Å²) in [6.45, 7) is 4.75. The van der Waals surface area contributed by atoms with Gasteiger partial charge < -0.3 is 60.0 Å². The van der Waals surface area contributed by atoms with Gasteiger partial charge in [0.05, 0.1) is 36.6 Å². The minimum atomic E-state index is -4.76. The Hall–Kier alpha value is -7.06. The SMILES string of the molecule is CCCCC[C@H]1C(=O)N[C@@H]([C@@H](C)CC)C(=O)N(C)CC(=O)N(C)CC(=O)N(C)[C@@H](CC2CCCCC2)C(=O)N(C)CC(=O)N[C@@H](CCc2ccc(C(F)(F)F)c(Cl)c2)C(=O)N2CCC[C@H]2C(=O)NC2(CCCC2)C(=O)N(C)[C@@H](C2CCCCC2)C(=O)N(C)[C@H](C(=O)N2CCCCC2)CC(=O)N1C. The quantitative estimate of drug-likeness (QED) is 0.169. The molecule has 12 amide bonds. The van der Waals surface area contributed by atoms with Gasteiger partial charge in [-0.2, -0.15) is 13.2 Å². The molecule has 3 saturated carbocycles. The number of piperidine rings is 1. The molecule has 102 heavy (non-hydrogen) atoms. The maximum Gasteiger partial charge on any atom is 0.417 e. The van der Waals surface area contributed by atoms with Crippen molar-refractivity contribution in [2.75, 3.05) is 88.6 Å². The summed E-state index contributed by atoms with van der Waals surface area (Å²) < 4.78 is 41.7. The molecule has 24 nitrogen and oxygen atoms in total. The standard InChI is InChI=1S/C74H114ClF3N12O12/c1-11-13-17-31-55-65(95)80-63(48(3)12-2)70(100)84(6)46-61(93)82(4)47-62(94)86(8)57(43-49-27-18-14-19-28-49)68(98)83(5)45-59(91)79-54(36-34-50-33-35-52(53(75)42-50)74(76,77)78)67(97)90-41-26-32-56(90)66(96)81-73(37-22-23-38-73)72(102)88(10)64(51-29-20-15-21-30-51)71(101)87(9)58(44-60(92)85(55)7)69(99)89-39-24-16-25-40-89/h33,35,42,48-49,51,54-58,63-64H,11-32,34,36-41,43-47H2,1-10H3,(H,79,91)(H,80,95)(H,81,96)/t48-,54-,55-,56-,57-,58-,63-,64-/m0/s1. The molecule has 28 heteroatoms. The molecule has 3 aliphatic heterocycles. The molecule has 3 heterocycles. The Balaban J connectivity index is 1.29. The molecule has 6 aliphatic rings. The molecule has 0 radical (unpaired) electrons. The van der Waals surface area contributed by atoms with Gasteiger partial charge in [0.15, 0.2) is 0 Å². The molecule has 6 fully saturated rings. The first-order chi connectivity index (χ1) is 48.3. The number of alkyl halides is 3. The first-order valence-corrected chi connectivity index (χ1v) is 37.9. The Morgan fingerprint density at radius 3 is 1.83 bits per heavy atom. The van der Waals surface area contributed by atoms with Gasteiger partial charge in [-0.3, -0.25) is 57.5 Å². The molecule has 0 aromatic heterocycles. The van der Waals surface area contributed by atoms with Crippen LogP contribution in [0, 0.1) is 17.8 Å². The first kappa shape index (κ1) is 82.2. The van der Waals surface area contributed by atoms with E-state index in [1.807, 2.05) is 13.8 Å². The van der Waals surface area contributed by atoms with Crippen LogP contribution in [0.3, 0.4) is 0 Å². The van der Waals surface area contributed by atoms with Crippen LogP contribution in [-0.4, -0.2) is 251 Å². The number of rotatable bonds is 13. The summed E-state index contributed by atoms with van der Waals surface area (Å²) in [4.78, 5) is 192. The highest BCUT2D eigenvalue weighted by Gasteiger charge is 2.51. The number of carbonyl (C=O) groups is 12. The highest BCUT2D eigenvalue weighted by atomic mass is 35.5. The Morgan fingerprint density at radius 2 is 1.22 bits per heavy atom. The van der Waals surface area contributed by atoms with E-state index in [1.54, 1.807) is 11.8 Å². The van der Waals surface area contributed by atoms with Crippen LogP contribution < -0.4 is 16.0 Å². The molecule has 0 bridgehead atoms. The summed E-state index contributed by atoms with van der Waals surface area (Å²) in [6, 6.07) is -5.46. The molecule has 7 rings (SSSR count). The molecule has 3 saturated heterocycles. The third kappa shape index (κ3) is 20.9. The normalized spacial score (nSPS) is 26.6. The smallest absolute Gasteiger partial charge is 0.343 e. The zero-order chi connectivity index (χ0) is 74.9. The van der Waals surface area contributed by atoms with Gasteiger partial charge in [-0.05, 0) is 119 Å². The molecule has 0 unspecified atom stereocenters. The second kappa shape index (κ2) is 37.6. The molecule has 3 aliphatic carbocycles. The second-order valence-electron chi connectivity index (χ2n) is 30.0. The van der Waals surface area contributed by atoms with Crippen molar-refractivity contribution in [3.05, 3.63) is 34.3 Å². The minimum absolute atomic E-state index is 0.0208. The summed E-state index contributed by atoms with van der Waals surface area (Å²) in [6.07, 6.45) is 9.22. The lowest BCUT2D eigenvalue weighted by Gasteiger charge is -2.43. The third-order valence-corrected chi connectivity index (χ3v) is 23.0. The summed E-state index contributed by atoms with van der Waals surface area (Å²) >= 11 is 6.17. The number of carbonyl (C=O) groups excluding carboxylic acids is 12. The molecule has 1 aromatic carbocycles. The number of halogens is 4. The van der Waals surface area contributed by atoms with E-state index in [9.17, 15) is 41.9 Å². The van der Waals surface area contributed by atoms with Gasteiger partial charge in [-0.25, -0.2) is 0 Å². The maximum atomic E-state index is 15.9. The topological polar surface area (TPSA) is 270 Å². The van der Waals surface area contributed by atoms with E-state index in [2.05, 4.69) is 16.0 Å². The first-order valence-electron chi connectivity index (χ1n) is 37.5. The second-order valence-corrected chi connectivity index (χ2v) is 30.4. The number of hydrogen-bond acceptors (Lipinski definition) is 12. The van der Waals surface area contributed by atoms with Crippen molar-refractivity contribution in [3.63, 3.8) is 0 Å². The largest absolute Gasteiger partial charge is 0.417 e. The van der Waals surface area contributed by atoms with Crippen molar-refractivity contribution < 1.29 is 70.7 Å². The van der Waals surface area contributed by atoms with Gasteiger partial charge in [0.1, 0.15) is 47.8 Å². The fraction of sp³-hybridized carbons (Fsp3) is 0.757. The van der Waals surface area contributed by atoms with E-state index >= 15 is 28.8 Å². The van der Waals surface area contributed by atoms with Crippen LogP contribution in [0.15, 0.2) is 18.2 Å². The van der Waals surface area contributed by atoms with E-state index in [-0.39, 0.29) is 57.4 Å². The number of unbranched alkanes of at least 4 members (excludes halogenated alkanes) is 2. The number of fused-ring (bicyclic) bond motifs is 1. The zero-order valence-corrected chi connectivity index (χ0v) is 62.7. The van der Waals surface area contributed by atoms with Gasteiger partial charge in [-0.1, -0.05) is 128 Å². The maximum absolute atomic E-state index is 15.9. The monoisotopic (exact) mass is 1450 g/mol. The van der Waals surface area contributed by atoms with Crippen LogP contribution in [0.25, 0.3) is 0 Å². The Morgan fingerprint density at radius 1 is 0.608 bits per heavy atom. The van der Waals surface area contributed by atoms with E-state index in [1.165, 1.54) is 79.9 Å². The van der Waals surface area contributed by atoms with Crippen LogP contribution in [0.1, 0.15) is 205 Å². The van der Waals surface area contributed by atoms with Crippen molar-refractivity contribution in [2.45, 2.75) is 255 Å². The molecule has 570 valence electrons. The molecule has 8 atom stereocenters. The zero-order valence-electron chi connectivity index (χ0n) is 62.0. The van der Waals surface area contributed by atoms with Crippen LogP contribution in [-0.2, 0) is 70.1 Å². The Kier molecular flexibility index (Phi) is 30.3. The Labute approximate surface area is 605 Å². The van der Waals surface area contributed by atoms with Crippen LogP contribution in [0.2, 0.25) is 5.02 Å². The number of nitrogens with one attached hydrogen (secondary N) is 3. The van der Waals surface area contributed by atoms with Crippen molar-refractivity contribution in [1.29, 1.82) is 0 Å². The summed E-state index contributed by atoms with van der Waals surface area (Å²) in [5, 5.41) is 8.23. The average molecular weight is 1460 g/mol. The van der Waals surface area contributed by atoms with Gasteiger partial charge in [-0.15, -0.1) is 0 Å². The van der Waals surface area contributed by atoms with E-state index in [0.29, 0.717) is 82.9 Å². The van der Waals surface area contributed by atoms with Crippen molar-refractivity contribution in [2.24, 2.45) is 17.8 Å². The van der Waals surface area contributed by atoms with Gasteiger partial charge >= 0.3 is 6.18 Å². The predicted octanol–water partition coefficient (Wildman–Crippen LogP) is 6.96. The summed E-state index contributed by atoms with van der Waals surface area (Å²) in [5.41, 5.74) is -2.33. The van der Waals surface area contributed by atoms with Crippen molar-refractivity contribution >= 4 is 82.5 Å². The van der Waals surface area contributed by atoms with Gasteiger partial charge in [0.25, 0.3) is 0 Å². The van der Waals surface area contributed by atoms with Crippen LogP contribution >= 0.6 is 11.6 Å². The van der Waals surface area contributed by atoms with Gasteiger partial charge in [0.2, 0.25) is 70.9 Å². The lowest BCUT2D eigenvalue weighted by Crippen LogP contribution is -2.65. The van der Waals surface area contributed by atoms with Crippen LogP contribution in [0.5, 0.6) is 0 Å². The van der Waals surface area contributed by atoms with E-state index in [4.69, 9.17) is 11.6 Å². The molecular formula is C74H114ClF3N12O12. The minimum Gasteiger partial charge on any atom is -0.343 e. The van der Waals surface area contributed by atoms with Crippen molar-refractivity contribution in [3.8, 4) is 0 Å². The number of amides is 12. The lowest BCUT2D eigenvalue weighted by atomic mass is 9.81. The van der Waals surface area contributed by atoms with Crippen molar-refractivity contribution in [1.82, 2.24) is 60.0 Å². The highest BCUT2D eigenvalue weighted by molar-refractivity contribution is 6.31. The Bertz CT molecular complexity index is 3140. The molecule has 1 aromatic rings. The fourth-order valence-electron chi connectivity index (χ4n) is 16.1. The lowest BCUT2D eigenvalue weighted by molar-refractivity contribution is -0.157. The fourth-order valence-corrected chi connectivity index (χ4v) is 16.4. The number of likely N-dealkylation sites (N-methyl/N-ethyl adjacent to an activating group) is 7. The van der Waals surface area contributed by atoms with E-state index in [0.717, 1.165) is 91.0 Å². The average Bonchev–Trinajstić information content (AvgIpc) is 1.32. The van der Waals surface area contributed by atoms with Gasteiger partial charge in [0, 0.05) is 69.0 Å². The molecular weight excluding hydrogens is 1340 g/mol. The summed E-state index contributed by atoms with van der Waals surface area (Å²) in [5.74, 6) is -8.42. The number of aryl methyl sites for hydroxylation is 1. The molecule has 1 spiro atoms. The third-order valence-electron chi connectivity index (χ3n) is 22.7. The molecule has 3 N–H and O–H groups in total. The van der Waals surface area contributed by atoms with E-state index < -0.39 is 173 Å². The number of nitrogens with zero attached hydrogens (tertiary/aromatic N) is 9. The highest BCUT2D eigenvalue weighted by Crippen LogP contribution is 2.39. The number of hydrogen-bond donors (Lipinski definition) is 3. The van der Waals surface area contributed by atoms with Crippen LogP contribution in [0.4, 0.5) is 13.2 Å².